The molecule has 0 heterocycles. The minimum absolute atomic E-state index is 0.00903. The maximum Gasteiger partial charge on any atom is 0.131 e. The largest absolute Gasteiger partial charge is 0.493 e. The topological polar surface area (TPSA) is 35.2 Å². The lowest BCUT2D eigenvalue weighted by Gasteiger charge is -2.16. The van der Waals surface area contributed by atoms with E-state index in [-0.39, 0.29) is 6.04 Å². The van der Waals surface area contributed by atoms with Crippen LogP contribution < -0.4 is 10.5 Å². The monoisotopic (exact) mass is 271 g/mol. The normalized spacial score (nSPS) is 12.6. The summed E-state index contributed by atoms with van der Waals surface area (Å²) in [5.41, 5.74) is 7.17. The van der Waals surface area contributed by atoms with Crippen molar-refractivity contribution in [3.05, 3.63) is 42.0 Å². The molecule has 0 bridgehead atoms. The van der Waals surface area contributed by atoms with E-state index in [2.05, 4.69) is 43.3 Å². The predicted molar refractivity (Wildman–Crippen MR) is 86.2 cm³/mol. The van der Waals surface area contributed by atoms with Gasteiger partial charge in [-0.25, -0.2) is 0 Å². The van der Waals surface area contributed by atoms with Crippen molar-refractivity contribution in [2.75, 3.05) is 6.61 Å². The maximum absolute atomic E-state index is 6.08. The lowest BCUT2D eigenvalue weighted by atomic mass is 10.0. The number of hydrogen-bond donors (Lipinski definition) is 1. The van der Waals surface area contributed by atoms with Crippen LogP contribution in [0.2, 0.25) is 0 Å². The van der Waals surface area contributed by atoms with Gasteiger partial charge in [0.25, 0.3) is 0 Å². The molecule has 0 aliphatic rings. The Hall–Kier alpha value is -1.54. The first-order chi connectivity index (χ1) is 9.74. The Labute approximate surface area is 121 Å². The van der Waals surface area contributed by atoms with Gasteiger partial charge in [0, 0.05) is 17.0 Å². The maximum atomic E-state index is 6.08. The summed E-state index contributed by atoms with van der Waals surface area (Å²) in [4.78, 5) is 0. The molecule has 2 aromatic rings. The number of rotatable bonds is 7. The Morgan fingerprint density at radius 3 is 2.60 bits per heavy atom. The van der Waals surface area contributed by atoms with Crippen molar-refractivity contribution in [3.8, 4) is 5.75 Å². The quantitative estimate of drug-likeness (QED) is 0.733. The van der Waals surface area contributed by atoms with E-state index in [0.717, 1.165) is 29.7 Å². The van der Waals surface area contributed by atoms with Gasteiger partial charge >= 0.3 is 0 Å². The standard InChI is InChI=1S/C18H25NO/c1-3-4-5-8-13-20-18-16(14(2)19)12-11-15-9-6-7-10-17(15)18/h6-7,9-12,14H,3-5,8,13,19H2,1-2H3/t14-/m0/s1. The van der Waals surface area contributed by atoms with E-state index in [1.165, 1.54) is 24.6 Å². The Kier molecular flexibility index (Phi) is 5.42. The molecule has 0 saturated heterocycles. The van der Waals surface area contributed by atoms with E-state index >= 15 is 0 Å². The summed E-state index contributed by atoms with van der Waals surface area (Å²) in [6.07, 6.45) is 4.86. The zero-order valence-corrected chi connectivity index (χ0v) is 12.6. The fraction of sp³-hybridized carbons (Fsp3) is 0.444. The van der Waals surface area contributed by atoms with Crippen LogP contribution in [0.1, 0.15) is 51.1 Å². The molecule has 0 aliphatic heterocycles. The van der Waals surface area contributed by atoms with E-state index < -0.39 is 0 Å². The van der Waals surface area contributed by atoms with Gasteiger partial charge in [-0.1, -0.05) is 62.6 Å². The van der Waals surface area contributed by atoms with Crippen molar-refractivity contribution in [1.29, 1.82) is 0 Å². The van der Waals surface area contributed by atoms with Crippen LogP contribution in [0, 0.1) is 0 Å². The van der Waals surface area contributed by atoms with Gasteiger partial charge in [-0.05, 0) is 18.7 Å². The van der Waals surface area contributed by atoms with Gasteiger partial charge in [0.15, 0.2) is 0 Å². The second-order valence-corrected chi connectivity index (χ2v) is 5.40. The summed E-state index contributed by atoms with van der Waals surface area (Å²) < 4.78 is 6.08. The highest BCUT2D eigenvalue weighted by molar-refractivity contribution is 5.89. The molecule has 2 rings (SSSR count). The van der Waals surface area contributed by atoms with Crippen molar-refractivity contribution in [1.82, 2.24) is 0 Å². The predicted octanol–water partition coefficient (Wildman–Crippen LogP) is 4.82. The lowest BCUT2D eigenvalue weighted by molar-refractivity contribution is 0.304. The molecule has 1 atom stereocenters. The summed E-state index contributed by atoms with van der Waals surface area (Å²) in [6.45, 7) is 5.00. The van der Waals surface area contributed by atoms with Crippen molar-refractivity contribution < 1.29 is 4.74 Å². The number of ether oxygens (including phenoxy) is 1. The van der Waals surface area contributed by atoms with Crippen LogP contribution in [0.3, 0.4) is 0 Å². The van der Waals surface area contributed by atoms with Gasteiger partial charge in [-0.3, -0.25) is 0 Å². The van der Waals surface area contributed by atoms with Gasteiger partial charge in [-0.15, -0.1) is 0 Å². The van der Waals surface area contributed by atoms with Crippen LogP contribution >= 0.6 is 0 Å². The molecule has 20 heavy (non-hydrogen) atoms. The van der Waals surface area contributed by atoms with E-state index in [4.69, 9.17) is 10.5 Å². The Bertz CT molecular complexity index is 548. The van der Waals surface area contributed by atoms with Gasteiger partial charge in [-0.2, -0.15) is 0 Å². The number of hydrogen-bond acceptors (Lipinski definition) is 2. The molecule has 2 aromatic carbocycles. The minimum atomic E-state index is -0.00903. The van der Waals surface area contributed by atoms with Crippen LogP contribution in [0.15, 0.2) is 36.4 Å². The smallest absolute Gasteiger partial charge is 0.131 e. The molecular formula is C18H25NO. The number of unbranched alkanes of at least 4 members (excludes halogenated alkanes) is 3. The molecule has 0 aliphatic carbocycles. The first-order valence-electron chi connectivity index (χ1n) is 7.64. The summed E-state index contributed by atoms with van der Waals surface area (Å²) >= 11 is 0. The zero-order valence-electron chi connectivity index (χ0n) is 12.6. The second-order valence-electron chi connectivity index (χ2n) is 5.40. The number of fused-ring (bicyclic) bond motifs is 1. The van der Waals surface area contributed by atoms with Gasteiger partial charge < -0.3 is 10.5 Å². The fourth-order valence-corrected chi connectivity index (χ4v) is 2.48. The van der Waals surface area contributed by atoms with Gasteiger partial charge in [0.1, 0.15) is 5.75 Å². The summed E-state index contributed by atoms with van der Waals surface area (Å²) in [7, 11) is 0. The molecule has 0 aromatic heterocycles. The fourth-order valence-electron chi connectivity index (χ4n) is 2.48. The van der Waals surface area contributed by atoms with E-state index in [0.29, 0.717) is 0 Å². The SMILES string of the molecule is CCCCCCOc1c([C@H](C)N)ccc2ccccc12. The summed E-state index contributed by atoms with van der Waals surface area (Å²) in [5, 5.41) is 2.37. The molecule has 0 radical (unpaired) electrons. The first kappa shape index (κ1) is 14.9. The molecule has 0 unspecified atom stereocenters. The van der Waals surface area contributed by atoms with Crippen molar-refractivity contribution in [3.63, 3.8) is 0 Å². The molecule has 2 heteroatoms. The van der Waals surface area contributed by atoms with Gasteiger partial charge in [0.05, 0.1) is 6.61 Å². The third-order valence-corrected chi connectivity index (χ3v) is 3.64. The molecule has 0 spiro atoms. The minimum Gasteiger partial charge on any atom is -0.493 e. The van der Waals surface area contributed by atoms with Crippen LogP contribution in [0.4, 0.5) is 0 Å². The highest BCUT2D eigenvalue weighted by Crippen LogP contribution is 2.33. The van der Waals surface area contributed by atoms with Crippen molar-refractivity contribution in [2.45, 2.75) is 45.6 Å². The molecule has 2 N–H and O–H groups in total. The first-order valence-corrected chi connectivity index (χ1v) is 7.64. The Balaban J connectivity index is 2.21. The van der Waals surface area contributed by atoms with Crippen molar-refractivity contribution in [2.24, 2.45) is 5.73 Å². The van der Waals surface area contributed by atoms with E-state index in [9.17, 15) is 0 Å². The molecule has 0 saturated carbocycles. The molecule has 0 amide bonds. The van der Waals surface area contributed by atoms with Crippen LogP contribution in [0.25, 0.3) is 10.8 Å². The Morgan fingerprint density at radius 1 is 1.05 bits per heavy atom. The second kappa shape index (κ2) is 7.30. The van der Waals surface area contributed by atoms with E-state index in [1.807, 2.05) is 6.92 Å². The van der Waals surface area contributed by atoms with E-state index in [1.54, 1.807) is 0 Å². The summed E-state index contributed by atoms with van der Waals surface area (Å²) in [5.74, 6) is 0.967. The Morgan fingerprint density at radius 2 is 1.85 bits per heavy atom. The van der Waals surface area contributed by atoms with Crippen LogP contribution in [-0.2, 0) is 0 Å². The molecule has 0 fully saturated rings. The zero-order chi connectivity index (χ0) is 14.4. The average Bonchev–Trinajstić information content (AvgIpc) is 2.46. The molecule has 108 valence electrons. The molecular weight excluding hydrogens is 246 g/mol. The number of benzene rings is 2. The van der Waals surface area contributed by atoms with Crippen LogP contribution in [-0.4, -0.2) is 6.61 Å². The molecule has 2 nitrogen and oxygen atoms in total. The third-order valence-electron chi connectivity index (χ3n) is 3.64. The summed E-state index contributed by atoms with van der Waals surface area (Å²) in [6, 6.07) is 12.5. The highest BCUT2D eigenvalue weighted by Gasteiger charge is 2.11. The highest BCUT2D eigenvalue weighted by atomic mass is 16.5. The number of nitrogens with two attached hydrogens (primary N) is 1. The average molecular weight is 271 g/mol. The lowest BCUT2D eigenvalue weighted by Crippen LogP contribution is -2.09. The van der Waals surface area contributed by atoms with Crippen molar-refractivity contribution >= 4 is 10.8 Å². The third kappa shape index (κ3) is 3.51. The van der Waals surface area contributed by atoms with Gasteiger partial charge in [0.2, 0.25) is 0 Å². The van der Waals surface area contributed by atoms with Crippen LogP contribution in [0.5, 0.6) is 5.75 Å².